The monoisotopic (exact) mass is 407 g/mol. The maximum Gasteiger partial charge on any atom is 0.416 e. The number of nitrogens with zero attached hydrogens (tertiary/aromatic N) is 2. The summed E-state index contributed by atoms with van der Waals surface area (Å²) < 4.78 is 43.4. The minimum absolute atomic E-state index is 0.0484. The molecule has 0 unspecified atom stereocenters. The topological polar surface area (TPSA) is 64.1 Å². The number of ether oxygens (including phenoxy) is 1. The zero-order valence-corrected chi connectivity index (χ0v) is 15.2. The summed E-state index contributed by atoms with van der Waals surface area (Å²) in [5.74, 6) is -0.131. The van der Waals surface area contributed by atoms with E-state index in [0.717, 1.165) is 12.1 Å². The van der Waals surface area contributed by atoms with Crippen molar-refractivity contribution < 1.29 is 22.7 Å². The molecule has 0 radical (unpaired) electrons. The molecule has 0 bridgehead atoms. The van der Waals surface area contributed by atoms with E-state index in [1.54, 1.807) is 24.3 Å². The summed E-state index contributed by atoms with van der Waals surface area (Å²) in [6.07, 6.45) is -4.48. The Morgan fingerprint density at radius 1 is 1.07 bits per heavy atom. The molecule has 5 nitrogen and oxygen atoms in total. The van der Waals surface area contributed by atoms with E-state index in [9.17, 15) is 18.0 Å². The maximum atomic E-state index is 12.9. The van der Waals surface area contributed by atoms with Crippen molar-refractivity contribution in [2.24, 2.45) is 0 Å². The number of aromatic nitrogens is 2. The first-order valence-electron chi connectivity index (χ1n) is 7.94. The predicted molar refractivity (Wildman–Crippen MR) is 98.5 cm³/mol. The number of esters is 1. The highest BCUT2D eigenvalue weighted by atomic mass is 35.5. The van der Waals surface area contributed by atoms with Crippen LogP contribution >= 0.6 is 11.6 Å². The summed E-state index contributed by atoms with van der Waals surface area (Å²) in [6.45, 7) is 0. The number of benzene rings is 2. The Morgan fingerprint density at radius 2 is 1.79 bits per heavy atom. The summed E-state index contributed by atoms with van der Waals surface area (Å²) in [6, 6.07) is 12.5. The average Bonchev–Trinajstić information content (AvgIpc) is 2.67. The third-order valence-corrected chi connectivity index (χ3v) is 3.92. The summed E-state index contributed by atoms with van der Waals surface area (Å²) in [4.78, 5) is 19.7. The number of hydrogen-bond acceptors (Lipinski definition) is 5. The standard InChI is InChI=1S/C19H13ClF3N3O2/c1-28-18(27)11-5-7-14(8-6-11)24-16-10-15(20)25-17(26-16)12-3-2-4-13(9-12)19(21,22)23/h2-10H,1H3,(H,24,25,26). The van der Waals surface area contributed by atoms with E-state index < -0.39 is 17.7 Å². The number of methoxy groups -OCH3 is 1. The van der Waals surface area contributed by atoms with Gasteiger partial charge in [-0.15, -0.1) is 0 Å². The highest BCUT2D eigenvalue weighted by Gasteiger charge is 2.30. The minimum atomic E-state index is -4.48. The quantitative estimate of drug-likeness (QED) is 0.467. The second kappa shape index (κ2) is 7.85. The second-order valence-corrected chi connectivity index (χ2v) is 6.06. The molecule has 3 rings (SSSR count). The van der Waals surface area contributed by atoms with Crippen LogP contribution in [0.2, 0.25) is 5.15 Å². The molecule has 0 amide bonds. The lowest BCUT2D eigenvalue weighted by Crippen LogP contribution is -2.05. The zero-order chi connectivity index (χ0) is 20.3. The molecular formula is C19H13ClF3N3O2. The van der Waals surface area contributed by atoms with E-state index in [4.69, 9.17) is 11.6 Å². The molecule has 2 aromatic carbocycles. The van der Waals surface area contributed by atoms with Crippen LogP contribution in [0, 0.1) is 0 Å². The van der Waals surface area contributed by atoms with E-state index in [-0.39, 0.29) is 16.5 Å². The molecule has 0 atom stereocenters. The largest absolute Gasteiger partial charge is 0.465 e. The Labute approximate surface area is 163 Å². The van der Waals surface area contributed by atoms with Crippen LogP contribution in [0.15, 0.2) is 54.6 Å². The van der Waals surface area contributed by atoms with Gasteiger partial charge in [0, 0.05) is 17.3 Å². The molecule has 0 aliphatic heterocycles. The SMILES string of the molecule is COC(=O)c1ccc(Nc2cc(Cl)nc(-c3cccc(C(F)(F)F)c3)n2)cc1. The van der Waals surface area contributed by atoms with Crippen LogP contribution in [0.4, 0.5) is 24.7 Å². The molecule has 9 heteroatoms. The smallest absolute Gasteiger partial charge is 0.416 e. The number of nitrogens with one attached hydrogen (secondary N) is 1. The van der Waals surface area contributed by atoms with Crippen molar-refractivity contribution >= 4 is 29.1 Å². The number of carbonyl (C=O) groups excluding carboxylic acids is 1. The van der Waals surface area contributed by atoms with Crippen molar-refractivity contribution in [3.63, 3.8) is 0 Å². The molecule has 0 aliphatic rings. The van der Waals surface area contributed by atoms with Crippen LogP contribution in [0.3, 0.4) is 0 Å². The van der Waals surface area contributed by atoms with E-state index in [1.807, 2.05) is 0 Å². The third kappa shape index (κ3) is 4.58. The lowest BCUT2D eigenvalue weighted by molar-refractivity contribution is -0.137. The van der Waals surface area contributed by atoms with Gasteiger partial charge in [0.1, 0.15) is 11.0 Å². The Balaban J connectivity index is 1.89. The normalized spacial score (nSPS) is 11.2. The number of carbonyl (C=O) groups is 1. The molecule has 1 heterocycles. The van der Waals surface area contributed by atoms with E-state index in [2.05, 4.69) is 20.0 Å². The van der Waals surface area contributed by atoms with E-state index in [0.29, 0.717) is 17.1 Å². The number of halogens is 4. The second-order valence-electron chi connectivity index (χ2n) is 5.67. The fraction of sp³-hybridized carbons (Fsp3) is 0.105. The van der Waals surface area contributed by atoms with Gasteiger partial charge in [-0.3, -0.25) is 0 Å². The van der Waals surface area contributed by atoms with Crippen molar-refractivity contribution in [2.45, 2.75) is 6.18 Å². The molecule has 0 fully saturated rings. The number of rotatable bonds is 4. The van der Waals surface area contributed by atoms with E-state index in [1.165, 1.54) is 25.3 Å². The maximum absolute atomic E-state index is 12.9. The van der Waals surface area contributed by atoms with Gasteiger partial charge in [-0.25, -0.2) is 14.8 Å². The number of alkyl halides is 3. The van der Waals surface area contributed by atoms with Gasteiger partial charge in [0.25, 0.3) is 0 Å². The van der Waals surface area contributed by atoms with Gasteiger partial charge in [-0.05, 0) is 36.4 Å². The molecule has 1 N–H and O–H groups in total. The summed E-state index contributed by atoms with van der Waals surface area (Å²) in [5.41, 5.74) is 0.346. The van der Waals surface area contributed by atoms with Gasteiger partial charge in [0.05, 0.1) is 18.2 Å². The third-order valence-electron chi connectivity index (χ3n) is 3.72. The first kappa shape index (κ1) is 19.6. The van der Waals surface area contributed by atoms with Crippen molar-refractivity contribution in [1.29, 1.82) is 0 Å². The molecular weight excluding hydrogens is 395 g/mol. The first-order valence-corrected chi connectivity index (χ1v) is 8.31. The van der Waals surface area contributed by atoms with Gasteiger partial charge in [0.2, 0.25) is 0 Å². The molecule has 1 aromatic heterocycles. The molecule has 3 aromatic rings. The van der Waals surface area contributed by atoms with Gasteiger partial charge in [-0.2, -0.15) is 13.2 Å². The molecule has 0 aliphatic carbocycles. The zero-order valence-electron chi connectivity index (χ0n) is 14.4. The minimum Gasteiger partial charge on any atom is -0.465 e. The molecule has 0 saturated heterocycles. The van der Waals surface area contributed by atoms with Crippen molar-refractivity contribution in [2.75, 3.05) is 12.4 Å². The summed E-state index contributed by atoms with van der Waals surface area (Å²) in [7, 11) is 1.28. The molecule has 28 heavy (non-hydrogen) atoms. The Morgan fingerprint density at radius 3 is 2.43 bits per heavy atom. The van der Waals surface area contributed by atoms with Crippen LogP contribution in [0.5, 0.6) is 0 Å². The van der Waals surface area contributed by atoms with Gasteiger partial charge in [-0.1, -0.05) is 23.7 Å². The van der Waals surface area contributed by atoms with Gasteiger partial charge in [0.15, 0.2) is 5.82 Å². The first-order chi connectivity index (χ1) is 13.3. The van der Waals surface area contributed by atoms with Crippen LogP contribution in [-0.4, -0.2) is 23.0 Å². The van der Waals surface area contributed by atoms with Crippen LogP contribution in [0.1, 0.15) is 15.9 Å². The number of hydrogen-bond donors (Lipinski definition) is 1. The fourth-order valence-electron chi connectivity index (χ4n) is 2.40. The molecule has 0 saturated carbocycles. The summed E-state index contributed by atoms with van der Waals surface area (Å²) >= 11 is 6.01. The highest BCUT2D eigenvalue weighted by Crippen LogP contribution is 2.32. The molecule has 0 spiro atoms. The average molecular weight is 408 g/mol. The predicted octanol–water partition coefficient (Wildman–Crippen LogP) is 5.35. The lowest BCUT2D eigenvalue weighted by Gasteiger charge is -2.10. The van der Waals surface area contributed by atoms with Crippen molar-refractivity contribution in [3.8, 4) is 11.4 Å². The summed E-state index contributed by atoms with van der Waals surface area (Å²) in [5, 5.41) is 3.04. The van der Waals surface area contributed by atoms with E-state index >= 15 is 0 Å². The van der Waals surface area contributed by atoms with Crippen molar-refractivity contribution in [1.82, 2.24) is 9.97 Å². The van der Waals surface area contributed by atoms with Gasteiger partial charge >= 0.3 is 12.1 Å². The highest BCUT2D eigenvalue weighted by molar-refractivity contribution is 6.29. The lowest BCUT2D eigenvalue weighted by atomic mass is 10.1. The Hall–Kier alpha value is -3.13. The van der Waals surface area contributed by atoms with Crippen LogP contribution in [-0.2, 0) is 10.9 Å². The van der Waals surface area contributed by atoms with Crippen LogP contribution in [0.25, 0.3) is 11.4 Å². The van der Waals surface area contributed by atoms with Crippen molar-refractivity contribution in [3.05, 3.63) is 70.9 Å². The fourth-order valence-corrected chi connectivity index (χ4v) is 2.58. The Kier molecular flexibility index (Phi) is 5.51. The van der Waals surface area contributed by atoms with Gasteiger partial charge < -0.3 is 10.1 Å². The van der Waals surface area contributed by atoms with Crippen LogP contribution < -0.4 is 5.32 Å². The Bertz CT molecular complexity index is 1010. The molecule has 144 valence electrons. The number of anilines is 2.